The summed E-state index contributed by atoms with van der Waals surface area (Å²) in [5, 5.41) is 3.45. The lowest BCUT2D eigenvalue weighted by atomic mass is 9.70. The van der Waals surface area contributed by atoms with Gasteiger partial charge in [0.15, 0.2) is 0 Å². The second-order valence-electron chi connectivity index (χ2n) is 4.67. The zero-order valence-electron chi connectivity index (χ0n) is 9.03. The van der Waals surface area contributed by atoms with E-state index in [1.54, 1.807) is 0 Å². The van der Waals surface area contributed by atoms with E-state index in [1.807, 2.05) is 12.3 Å². The van der Waals surface area contributed by atoms with Crippen molar-refractivity contribution in [2.24, 2.45) is 5.92 Å². The topological polar surface area (TPSA) is 24.9 Å². The predicted octanol–water partition coefficient (Wildman–Crippen LogP) is 1.98. The van der Waals surface area contributed by atoms with Crippen molar-refractivity contribution in [3.05, 3.63) is 35.7 Å². The Balaban J connectivity index is 2.11. The van der Waals surface area contributed by atoms with Crippen LogP contribution in [0.15, 0.2) is 24.4 Å². The molecular weight excluding hydrogens is 184 g/mol. The Hall–Kier alpha value is -1.15. The number of nitrogens with one attached hydrogen (secondary N) is 1. The van der Waals surface area contributed by atoms with Gasteiger partial charge in [0, 0.05) is 11.6 Å². The SMILES string of the molecule is C[C@H]1CNCCC12C=Cc1cccnc12. The van der Waals surface area contributed by atoms with Gasteiger partial charge in [-0.3, -0.25) is 4.98 Å². The van der Waals surface area contributed by atoms with Crippen LogP contribution in [0.2, 0.25) is 0 Å². The number of allylic oxidation sites excluding steroid dienone is 1. The van der Waals surface area contributed by atoms with Crippen LogP contribution in [0, 0.1) is 5.92 Å². The van der Waals surface area contributed by atoms with Gasteiger partial charge in [-0.1, -0.05) is 25.1 Å². The Bertz CT molecular complexity index is 411. The van der Waals surface area contributed by atoms with Crippen LogP contribution in [0.5, 0.6) is 0 Å². The lowest BCUT2D eigenvalue weighted by molar-refractivity contribution is 0.269. The summed E-state index contributed by atoms with van der Waals surface area (Å²) in [4.78, 5) is 4.60. The Morgan fingerprint density at radius 1 is 1.53 bits per heavy atom. The largest absolute Gasteiger partial charge is 0.316 e. The maximum absolute atomic E-state index is 4.60. The highest BCUT2D eigenvalue weighted by Crippen LogP contribution is 2.43. The van der Waals surface area contributed by atoms with Crippen molar-refractivity contribution in [3.63, 3.8) is 0 Å². The summed E-state index contributed by atoms with van der Waals surface area (Å²) in [6.45, 7) is 4.52. The molecule has 2 atom stereocenters. The molecule has 3 rings (SSSR count). The summed E-state index contributed by atoms with van der Waals surface area (Å²) in [5.74, 6) is 0.638. The third-order valence-corrected chi connectivity index (χ3v) is 3.89. The average Bonchev–Trinajstić information content (AvgIpc) is 2.64. The summed E-state index contributed by atoms with van der Waals surface area (Å²) in [7, 11) is 0. The van der Waals surface area contributed by atoms with Gasteiger partial charge in [0.05, 0.1) is 5.69 Å². The Labute approximate surface area is 90.4 Å². The van der Waals surface area contributed by atoms with Gasteiger partial charge in [0.2, 0.25) is 0 Å². The smallest absolute Gasteiger partial charge is 0.0578 e. The van der Waals surface area contributed by atoms with Crippen LogP contribution in [0.4, 0.5) is 0 Å². The van der Waals surface area contributed by atoms with Crippen molar-refractivity contribution in [2.45, 2.75) is 18.8 Å². The molecule has 2 nitrogen and oxygen atoms in total. The monoisotopic (exact) mass is 200 g/mol. The molecule has 78 valence electrons. The van der Waals surface area contributed by atoms with Crippen LogP contribution in [-0.2, 0) is 5.41 Å². The fraction of sp³-hybridized carbons (Fsp3) is 0.462. The average molecular weight is 200 g/mol. The van der Waals surface area contributed by atoms with E-state index >= 15 is 0 Å². The summed E-state index contributed by atoms with van der Waals surface area (Å²) in [6.07, 6.45) is 7.71. The zero-order chi connectivity index (χ0) is 10.3. The van der Waals surface area contributed by atoms with Crippen LogP contribution in [0.1, 0.15) is 24.6 Å². The van der Waals surface area contributed by atoms with Gasteiger partial charge in [0.1, 0.15) is 0 Å². The van der Waals surface area contributed by atoms with Crippen molar-refractivity contribution in [1.82, 2.24) is 10.3 Å². The fourth-order valence-corrected chi connectivity index (χ4v) is 2.90. The molecule has 1 aromatic heterocycles. The molecular formula is C13H16N2. The number of nitrogens with zero attached hydrogens (tertiary/aromatic N) is 1. The molecule has 15 heavy (non-hydrogen) atoms. The molecule has 1 unspecified atom stereocenters. The molecule has 0 aromatic carbocycles. The third kappa shape index (κ3) is 1.18. The van der Waals surface area contributed by atoms with Gasteiger partial charge in [-0.05, 0) is 37.1 Å². The first-order valence-corrected chi connectivity index (χ1v) is 5.68. The summed E-state index contributed by atoms with van der Waals surface area (Å²) < 4.78 is 0. The van der Waals surface area contributed by atoms with Gasteiger partial charge < -0.3 is 5.32 Å². The van der Waals surface area contributed by atoms with Gasteiger partial charge in [-0.2, -0.15) is 0 Å². The summed E-state index contributed by atoms with van der Waals surface area (Å²) in [6, 6.07) is 4.19. The number of aromatic nitrogens is 1. The number of hydrogen-bond donors (Lipinski definition) is 1. The molecule has 1 fully saturated rings. The van der Waals surface area contributed by atoms with Crippen molar-refractivity contribution in [2.75, 3.05) is 13.1 Å². The molecule has 2 heteroatoms. The number of rotatable bonds is 0. The van der Waals surface area contributed by atoms with Crippen LogP contribution < -0.4 is 5.32 Å². The number of hydrogen-bond acceptors (Lipinski definition) is 2. The molecule has 2 aliphatic rings. The Morgan fingerprint density at radius 3 is 3.33 bits per heavy atom. The number of fused-ring (bicyclic) bond motifs is 2. The molecule has 0 saturated carbocycles. The van der Waals surface area contributed by atoms with Crippen LogP contribution >= 0.6 is 0 Å². The Morgan fingerprint density at radius 2 is 2.47 bits per heavy atom. The molecule has 0 radical (unpaired) electrons. The van der Waals surface area contributed by atoms with Crippen molar-refractivity contribution in [1.29, 1.82) is 0 Å². The van der Waals surface area contributed by atoms with Crippen molar-refractivity contribution >= 4 is 6.08 Å². The first-order chi connectivity index (χ1) is 7.33. The van der Waals surface area contributed by atoms with E-state index in [2.05, 4.69) is 35.4 Å². The fourth-order valence-electron chi connectivity index (χ4n) is 2.90. The van der Waals surface area contributed by atoms with E-state index in [1.165, 1.54) is 17.7 Å². The van der Waals surface area contributed by atoms with Gasteiger partial charge in [-0.15, -0.1) is 0 Å². The van der Waals surface area contributed by atoms with Crippen LogP contribution in [0.25, 0.3) is 6.08 Å². The minimum Gasteiger partial charge on any atom is -0.316 e. The van der Waals surface area contributed by atoms with Crippen molar-refractivity contribution in [3.8, 4) is 0 Å². The highest BCUT2D eigenvalue weighted by atomic mass is 14.9. The molecule has 1 aromatic rings. The summed E-state index contributed by atoms with van der Waals surface area (Å²) in [5.41, 5.74) is 2.81. The van der Waals surface area contributed by atoms with E-state index in [9.17, 15) is 0 Å². The van der Waals surface area contributed by atoms with Crippen molar-refractivity contribution < 1.29 is 0 Å². The Kier molecular flexibility index (Phi) is 1.93. The summed E-state index contributed by atoms with van der Waals surface area (Å²) >= 11 is 0. The molecule has 1 aliphatic heterocycles. The van der Waals surface area contributed by atoms with E-state index < -0.39 is 0 Å². The van der Waals surface area contributed by atoms with Gasteiger partial charge >= 0.3 is 0 Å². The second-order valence-corrected chi connectivity index (χ2v) is 4.67. The minimum absolute atomic E-state index is 0.210. The number of pyridine rings is 1. The molecule has 0 amide bonds. The lowest BCUT2D eigenvalue weighted by Crippen LogP contribution is -2.45. The maximum Gasteiger partial charge on any atom is 0.0578 e. The molecule has 1 N–H and O–H groups in total. The van der Waals surface area contributed by atoms with E-state index in [4.69, 9.17) is 0 Å². The van der Waals surface area contributed by atoms with E-state index in [0.717, 1.165) is 13.1 Å². The van der Waals surface area contributed by atoms with E-state index in [0.29, 0.717) is 5.92 Å². The van der Waals surface area contributed by atoms with E-state index in [-0.39, 0.29) is 5.41 Å². The second kappa shape index (κ2) is 3.17. The zero-order valence-corrected chi connectivity index (χ0v) is 9.03. The molecule has 1 spiro atoms. The standard InChI is InChI=1S/C13H16N2/c1-10-9-14-8-6-13(10)5-4-11-3-2-7-15-12(11)13/h2-5,7,10,14H,6,8-9H2,1H3/t10-,13?/m0/s1. The van der Waals surface area contributed by atoms with Crippen LogP contribution in [-0.4, -0.2) is 18.1 Å². The normalized spacial score (nSPS) is 33.3. The third-order valence-electron chi connectivity index (χ3n) is 3.89. The quantitative estimate of drug-likeness (QED) is 0.692. The molecule has 1 aliphatic carbocycles. The first-order valence-electron chi connectivity index (χ1n) is 5.68. The molecule has 2 heterocycles. The maximum atomic E-state index is 4.60. The van der Waals surface area contributed by atoms with Gasteiger partial charge in [0.25, 0.3) is 0 Å². The highest BCUT2D eigenvalue weighted by molar-refractivity contribution is 5.63. The number of piperidine rings is 1. The highest BCUT2D eigenvalue weighted by Gasteiger charge is 2.42. The minimum atomic E-state index is 0.210. The molecule has 0 bridgehead atoms. The predicted molar refractivity (Wildman–Crippen MR) is 61.6 cm³/mol. The van der Waals surface area contributed by atoms with Gasteiger partial charge in [-0.25, -0.2) is 0 Å². The first kappa shape index (κ1) is 9.10. The molecule has 1 saturated heterocycles. The van der Waals surface area contributed by atoms with Crippen LogP contribution in [0.3, 0.4) is 0 Å². The lowest BCUT2D eigenvalue weighted by Gasteiger charge is -2.38.